The van der Waals surface area contributed by atoms with Gasteiger partial charge in [-0.1, -0.05) is 188 Å². The van der Waals surface area contributed by atoms with Crippen LogP contribution in [0.2, 0.25) is 0 Å². The molecule has 2 unspecified atom stereocenters. The molecule has 0 spiro atoms. The topological polar surface area (TPSA) is 40.5 Å². The summed E-state index contributed by atoms with van der Waals surface area (Å²) in [5.74, 6) is 0.202. The standard InChI is InChI=1S/C36H73NO2/c1-5-9-11-13-14-15-16-17-18-19-20-21-22-23-25-27-30-34(29-26-24-12-10-6-2)31-28-32-35(33-36(38)39)37(7-3)8-4/h34-35H,5-33H2,1-4H3,(H,38,39). The molecule has 0 saturated carbocycles. The number of hydrogen-bond acceptors (Lipinski definition) is 2. The molecule has 0 aliphatic heterocycles. The molecule has 0 bridgehead atoms. The van der Waals surface area contributed by atoms with Crippen LogP contribution >= 0.6 is 0 Å². The van der Waals surface area contributed by atoms with Crippen LogP contribution in [0.1, 0.15) is 201 Å². The third-order valence-corrected chi connectivity index (χ3v) is 9.07. The van der Waals surface area contributed by atoms with E-state index < -0.39 is 5.97 Å². The summed E-state index contributed by atoms with van der Waals surface area (Å²) in [6.45, 7) is 10.8. The zero-order chi connectivity index (χ0) is 28.8. The average molecular weight is 552 g/mol. The molecule has 2 atom stereocenters. The highest BCUT2D eigenvalue weighted by Gasteiger charge is 2.19. The highest BCUT2D eigenvalue weighted by molar-refractivity contribution is 5.67. The maximum atomic E-state index is 11.4. The van der Waals surface area contributed by atoms with Gasteiger partial charge < -0.3 is 10.0 Å². The molecule has 0 aliphatic rings. The van der Waals surface area contributed by atoms with Gasteiger partial charge in [0.05, 0.1) is 6.42 Å². The summed E-state index contributed by atoms with van der Waals surface area (Å²) in [7, 11) is 0. The SMILES string of the molecule is CCCCCCCCCCCCCCCCCCC(CCCCCCC)CCCC(CC(=O)O)N(CC)CC. The van der Waals surface area contributed by atoms with E-state index in [2.05, 4.69) is 32.6 Å². The molecule has 0 saturated heterocycles. The summed E-state index contributed by atoms with van der Waals surface area (Å²) in [5, 5.41) is 9.40. The first-order chi connectivity index (χ1) is 19.1. The van der Waals surface area contributed by atoms with Crippen molar-refractivity contribution in [2.75, 3.05) is 13.1 Å². The molecule has 0 aromatic carbocycles. The minimum Gasteiger partial charge on any atom is -0.481 e. The van der Waals surface area contributed by atoms with E-state index in [1.165, 1.54) is 161 Å². The van der Waals surface area contributed by atoms with E-state index in [1.54, 1.807) is 0 Å². The van der Waals surface area contributed by atoms with Gasteiger partial charge in [0.25, 0.3) is 0 Å². The minimum atomic E-state index is -0.646. The quantitative estimate of drug-likeness (QED) is 0.0845. The predicted molar refractivity (Wildman–Crippen MR) is 174 cm³/mol. The Bertz CT molecular complexity index is 490. The fourth-order valence-corrected chi connectivity index (χ4v) is 6.45. The molecule has 3 nitrogen and oxygen atoms in total. The zero-order valence-corrected chi connectivity index (χ0v) is 27.5. The smallest absolute Gasteiger partial charge is 0.304 e. The number of rotatable bonds is 32. The summed E-state index contributed by atoms with van der Waals surface area (Å²) in [5.41, 5.74) is 0. The van der Waals surface area contributed by atoms with Crippen molar-refractivity contribution in [1.82, 2.24) is 4.90 Å². The van der Waals surface area contributed by atoms with Gasteiger partial charge in [0.15, 0.2) is 0 Å². The lowest BCUT2D eigenvalue weighted by Gasteiger charge is -2.29. The molecule has 0 amide bonds. The Morgan fingerprint density at radius 2 is 0.821 bits per heavy atom. The van der Waals surface area contributed by atoms with Crippen molar-refractivity contribution in [2.45, 2.75) is 207 Å². The fraction of sp³-hybridized carbons (Fsp3) is 0.972. The van der Waals surface area contributed by atoms with Gasteiger partial charge in [-0.05, 0) is 25.4 Å². The van der Waals surface area contributed by atoms with E-state index in [0.717, 1.165) is 25.4 Å². The van der Waals surface area contributed by atoms with Gasteiger partial charge in [-0.2, -0.15) is 0 Å². The van der Waals surface area contributed by atoms with Crippen molar-refractivity contribution >= 4 is 5.97 Å². The summed E-state index contributed by atoms with van der Waals surface area (Å²) in [6, 6.07) is 0.207. The molecule has 0 heterocycles. The zero-order valence-electron chi connectivity index (χ0n) is 27.5. The van der Waals surface area contributed by atoms with Crippen LogP contribution in [0.5, 0.6) is 0 Å². The third kappa shape index (κ3) is 26.1. The second-order valence-corrected chi connectivity index (χ2v) is 12.6. The Hall–Kier alpha value is -0.570. The van der Waals surface area contributed by atoms with Crippen molar-refractivity contribution < 1.29 is 9.90 Å². The van der Waals surface area contributed by atoms with Gasteiger partial charge in [-0.3, -0.25) is 4.79 Å². The molecule has 234 valence electrons. The molecular weight excluding hydrogens is 478 g/mol. The number of carboxylic acids is 1. The predicted octanol–water partition coefficient (Wildman–Crippen LogP) is 12.0. The number of unbranched alkanes of at least 4 members (excludes halogenated alkanes) is 19. The van der Waals surface area contributed by atoms with E-state index in [1.807, 2.05) is 0 Å². The number of aliphatic carboxylic acids is 1. The molecule has 39 heavy (non-hydrogen) atoms. The van der Waals surface area contributed by atoms with Crippen LogP contribution < -0.4 is 0 Å². The van der Waals surface area contributed by atoms with Crippen molar-refractivity contribution in [3.63, 3.8) is 0 Å². The Balaban J connectivity index is 4.05. The first-order valence-electron chi connectivity index (χ1n) is 18.0. The van der Waals surface area contributed by atoms with Gasteiger partial charge in [-0.15, -0.1) is 0 Å². The van der Waals surface area contributed by atoms with Crippen LogP contribution in [0, 0.1) is 5.92 Å². The van der Waals surface area contributed by atoms with Crippen molar-refractivity contribution in [2.24, 2.45) is 5.92 Å². The Morgan fingerprint density at radius 1 is 0.487 bits per heavy atom. The van der Waals surface area contributed by atoms with Crippen LogP contribution in [0.25, 0.3) is 0 Å². The summed E-state index contributed by atoms with van der Waals surface area (Å²) in [4.78, 5) is 13.8. The first-order valence-corrected chi connectivity index (χ1v) is 18.0. The average Bonchev–Trinajstić information content (AvgIpc) is 2.92. The molecule has 0 radical (unpaired) electrons. The molecule has 0 rings (SSSR count). The lowest BCUT2D eigenvalue weighted by Crippen LogP contribution is -2.36. The van der Waals surface area contributed by atoms with Crippen LogP contribution in [0.15, 0.2) is 0 Å². The second kappa shape index (κ2) is 30.4. The number of nitrogens with zero attached hydrogens (tertiary/aromatic N) is 1. The van der Waals surface area contributed by atoms with Gasteiger partial charge in [0.1, 0.15) is 0 Å². The van der Waals surface area contributed by atoms with Gasteiger partial charge in [0, 0.05) is 6.04 Å². The van der Waals surface area contributed by atoms with Crippen molar-refractivity contribution in [3.8, 4) is 0 Å². The van der Waals surface area contributed by atoms with E-state index in [-0.39, 0.29) is 6.04 Å². The largest absolute Gasteiger partial charge is 0.481 e. The molecule has 0 fully saturated rings. The second-order valence-electron chi connectivity index (χ2n) is 12.6. The highest BCUT2D eigenvalue weighted by atomic mass is 16.4. The lowest BCUT2D eigenvalue weighted by atomic mass is 9.89. The van der Waals surface area contributed by atoms with E-state index >= 15 is 0 Å². The molecule has 0 aromatic rings. The highest BCUT2D eigenvalue weighted by Crippen LogP contribution is 2.25. The molecule has 0 aliphatic carbocycles. The van der Waals surface area contributed by atoms with Gasteiger partial charge in [0.2, 0.25) is 0 Å². The third-order valence-electron chi connectivity index (χ3n) is 9.07. The fourth-order valence-electron chi connectivity index (χ4n) is 6.45. The molecule has 0 aromatic heterocycles. The Kier molecular flexibility index (Phi) is 29.9. The number of carbonyl (C=O) groups is 1. The van der Waals surface area contributed by atoms with Gasteiger partial charge in [-0.25, -0.2) is 0 Å². The van der Waals surface area contributed by atoms with E-state index in [0.29, 0.717) is 6.42 Å². The molecule has 1 N–H and O–H groups in total. The Morgan fingerprint density at radius 3 is 1.15 bits per heavy atom. The summed E-state index contributed by atoms with van der Waals surface area (Å²) < 4.78 is 0. The molecular formula is C36H73NO2. The monoisotopic (exact) mass is 552 g/mol. The van der Waals surface area contributed by atoms with E-state index in [9.17, 15) is 9.90 Å². The van der Waals surface area contributed by atoms with Crippen molar-refractivity contribution in [1.29, 1.82) is 0 Å². The maximum Gasteiger partial charge on any atom is 0.304 e. The van der Waals surface area contributed by atoms with Crippen LogP contribution in [0.4, 0.5) is 0 Å². The van der Waals surface area contributed by atoms with Crippen LogP contribution in [0.3, 0.4) is 0 Å². The Labute approximate surface area is 246 Å². The maximum absolute atomic E-state index is 11.4. The van der Waals surface area contributed by atoms with Crippen LogP contribution in [-0.4, -0.2) is 35.1 Å². The van der Waals surface area contributed by atoms with E-state index in [4.69, 9.17) is 0 Å². The summed E-state index contributed by atoms with van der Waals surface area (Å²) >= 11 is 0. The summed E-state index contributed by atoms with van der Waals surface area (Å²) in [6.07, 6.45) is 36.4. The number of carboxylic acid groups (broad SMARTS) is 1. The van der Waals surface area contributed by atoms with Crippen molar-refractivity contribution in [3.05, 3.63) is 0 Å². The van der Waals surface area contributed by atoms with Gasteiger partial charge >= 0.3 is 5.97 Å². The number of hydrogen-bond donors (Lipinski definition) is 1. The van der Waals surface area contributed by atoms with Crippen LogP contribution in [-0.2, 0) is 4.79 Å². The first kappa shape index (κ1) is 38.4. The molecule has 3 heteroatoms. The minimum absolute atomic E-state index is 0.207. The normalized spacial score (nSPS) is 13.3. The lowest BCUT2D eigenvalue weighted by molar-refractivity contribution is -0.138.